The van der Waals surface area contributed by atoms with Gasteiger partial charge in [-0.2, -0.15) is 0 Å². The molecule has 0 aromatic carbocycles. The number of carboxylic acid groups (broad SMARTS) is 1. The van der Waals surface area contributed by atoms with E-state index in [4.69, 9.17) is 10.8 Å². The molecule has 0 amide bonds. The summed E-state index contributed by atoms with van der Waals surface area (Å²) in [4.78, 5) is 10.9. The Labute approximate surface area is 71.9 Å². The first-order valence-corrected chi connectivity index (χ1v) is 4.62. The number of carboxylic acids is 1. The lowest BCUT2D eigenvalue weighted by molar-refractivity contribution is -0.145. The van der Waals surface area contributed by atoms with Crippen molar-refractivity contribution in [2.24, 2.45) is 17.6 Å². The minimum atomic E-state index is -0.899. The quantitative estimate of drug-likeness (QED) is 0.615. The molecule has 3 N–H and O–H groups in total. The predicted octanol–water partition coefficient (Wildman–Crippen LogP) is 0.979. The first-order chi connectivity index (χ1) is 5.60. The maximum Gasteiger partial charge on any atom is 0.323 e. The highest BCUT2D eigenvalue weighted by atomic mass is 16.4. The fourth-order valence-electron chi connectivity index (χ4n) is 2.84. The second-order valence-corrected chi connectivity index (χ2v) is 4.41. The number of carbonyl (C=O) groups is 1. The summed E-state index contributed by atoms with van der Waals surface area (Å²) in [5.74, 6) is 0.369. The van der Waals surface area contributed by atoms with Gasteiger partial charge in [-0.15, -0.1) is 0 Å². The topological polar surface area (TPSA) is 63.3 Å². The van der Waals surface area contributed by atoms with E-state index in [1.807, 2.05) is 0 Å². The van der Waals surface area contributed by atoms with Crippen LogP contribution in [-0.2, 0) is 4.79 Å². The van der Waals surface area contributed by atoms with Crippen molar-refractivity contribution in [1.29, 1.82) is 0 Å². The summed E-state index contributed by atoms with van der Waals surface area (Å²) in [6.45, 7) is 0. The van der Waals surface area contributed by atoms with E-state index in [2.05, 4.69) is 0 Å². The van der Waals surface area contributed by atoms with Crippen LogP contribution in [-0.4, -0.2) is 16.6 Å². The maximum absolute atomic E-state index is 10.9. The van der Waals surface area contributed by atoms with Crippen molar-refractivity contribution in [1.82, 2.24) is 0 Å². The van der Waals surface area contributed by atoms with Gasteiger partial charge >= 0.3 is 5.97 Å². The highest BCUT2D eigenvalue weighted by Crippen LogP contribution is 2.45. The van der Waals surface area contributed by atoms with Crippen molar-refractivity contribution in [3.05, 3.63) is 0 Å². The normalized spacial score (nSPS) is 46.1. The summed E-state index contributed by atoms with van der Waals surface area (Å²) in [6.07, 6.45) is 4.98. The van der Waals surface area contributed by atoms with E-state index in [1.165, 1.54) is 19.3 Å². The van der Waals surface area contributed by atoms with Crippen molar-refractivity contribution >= 4 is 5.97 Å². The molecule has 2 aliphatic carbocycles. The van der Waals surface area contributed by atoms with E-state index in [0.717, 1.165) is 0 Å². The van der Waals surface area contributed by atoms with Gasteiger partial charge in [-0.05, 0) is 31.1 Å². The zero-order valence-electron chi connectivity index (χ0n) is 7.12. The molecule has 3 heteroatoms. The predicted molar refractivity (Wildman–Crippen MR) is 44.6 cm³/mol. The molecule has 3 atom stereocenters. The summed E-state index contributed by atoms with van der Waals surface area (Å²) in [7, 11) is 0. The summed E-state index contributed by atoms with van der Waals surface area (Å²) in [5.41, 5.74) is 4.92. The Morgan fingerprint density at radius 2 is 1.83 bits per heavy atom. The van der Waals surface area contributed by atoms with E-state index in [1.54, 1.807) is 0 Å². The van der Waals surface area contributed by atoms with Crippen LogP contribution in [0.1, 0.15) is 32.1 Å². The molecule has 1 unspecified atom stereocenters. The van der Waals surface area contributed by atoms with Gasteiger partial charge in [0.05, 0.1) is 0 Å². The zero-order chi connectivity index (χ0) is 8.77. The second-order valence-electron chi connectivity index (χ2n) is 4.41. The van der Waals surface area contributed by atoms with Gasteiger partial charge < -0.3 is 10.8 Å². The minimum absolute atomic E-state index is 0.588. The van der Waals surface area contributed by atoms with Crippen molar-refractivity contribution in [3.63, 3.8) is 0 Å². The minimum Gasteiger partial charge on any atom is -0.480 e. The van der Waals surface area contributed by atoms with Crippen LogP contribution in [0.4, 0.5) is 0 Å². The Kier molecular flexibility index (Phi) is 1.65. The van der Waals surface area contributed by atoms with Crippen LogP contribution in [0.25, 0.3) is 0 Å². The molecule has 0 aromatic heterocycles. The summed E-state index contributed by atoms with van der Waals surface area (Å²) in [6, 6.07) is 0. The number of rotatable bonds is 1. The number of aliphatic carboxylic acids is 1. The molecule has 12 heavy (non-hydrogen) atoms. The van der Waals surface area contributed by atoms with Gasteiger partial charge in [0.25, 0.3) is 0 Å². The van der Waals surface area contributed by atoms with Crippen molar-refractivity contribution < 1.29 is 9.90 Å². The number of hydrogen-bond donors (Lipinski definition) is 2. The first kappa shape index (κ1) is 8.05. The third kappa shape index (κ3) is 1.12. The summed E-state index contributed by atoms with van der Waals surface area (Å²) in [5, 5.41) is 8.94. The zero-order valence-corrected chi connectivity index (χ0v) is 7.12. The Morgan fingerprint density at radius 3 is 2.25 bits per heavy atom. The smallest absolute Gasteiger partial charge is 0.323 e. The average Bonchev–Trinajstić information content (AvgIpc) is 2.30. The SMILES string of the molecule is NC1(C(=O)O)C[C@@H]2CC[C@@H](C2)C1. The molecular weight excluding hydrogens is 154 g/mol. The Bertz CT molecular complexity index is 203. The Balaban J connectivity index is 2.15. The van der Waals surface area contributed by atoms with Gasteiger partial charge in [-0.1, -0.05) is 12.8 Å². The lowest BCUT2D eigenvalue weighted by atomic mass is 9.76. The van der Waals surface area contributed by atoms with Crippen LogP contribution < -0.4 is 5.73 Å². The second kappa shape index (κ2) is 2.46. The fraction of sp³-hybridized carbons (Fsp3) is 0.889. The van der Waals surface area contributed by atoms with Gasteiger partial charge in [0.1, 0.15) is 5.54 Å². The van der Waals surface area contributed by atoms with Crippen LogP contribution in [0.15, 0.2) is 0 Å². The van der Waals surface area contributed by atoms with Crippen molar-refractivity contribution in [2.75, 3.05) is 0 Å². The Hall–Kier alpha value is -0.570. The monoisotopic (exact) mass is 169 g/mol. The van der Waals surface area contributed by atoms with E-state index >= 15 is 0 Å². The van der Waals surface area contributed by atoms with E-state index in [0.29, 0.717) is 24.7 Å². The van der Waals surface area contributed by atoms with Crippen LogP contribution in [0.5, 0.6) is 0 Å². The summed E-state index contributed by atoms with van der Waals surface area (Å²) < 4.78 is 0. The van der Waals surface area contributed by atoms with Gasteiger partial charge in [-0.3, -0.25) is 4.79 Å². The Morgan fingerprint density at radius 1 is 1.33 bits per heavy atom. The van der Waals surface area contributed by atoms with Crippen LogP contribution in [0, 0.1) is 11.8 Å². The fourth-order valence-corrected chi connectivity index (χ4v) is 2.84. The van der Waals surface area contributed by atoms with Gasteiger partial charge in [0, 0.05) is 0 Å². The summed E-state index contributed by atoms with van der Waals surface area (Å²) >= 11 is 0. The molecule has 0 saturated heterocycles. The number of nitrogens with two attached hydrogens (primary N) is 1. The van der Waals surface area contributed by atoms with Crippen molar-refractivity contribution in [2.45, 2.75) is 37.6 Å². The molecule has 2 bridgehead atoms. The lowest BCUT2D eigenvalue weighted by Gasteiger charge is -2.33. The molecule has 68 valence electrons. The molecule has 2 rings (SSSR count). The van der Waals surface area contributed by atoms with Crippen LogP contribution >= 0.6 is 0 Å². The lowest BCUT2D eigenvalue weighted by Crippen LogP contribution is -2.51. The largest absolute Gasteiger partial charge is 0.480 e. The third-order valence-corrected chi connectivity index (χ3v) is 3.38. The average molecular weight is 169 g/mol. The van der Waals surface area contributed by atoms with Crippen LogP contribution in [0.3, 0.4) is 0 Å². The maximum atomic E-state index is 10.9. The van der Waals surface area contributed by atoms with E-state index in [9.17, 15) is 4.79 Å². The third-order valence-electron chi connectivity index (χ3n) is 3.38. The van der Waals surface area contributed by atoms with Gasteiger partial charge in [0.15, 0.2) is 0 Å². The molecule has 2 saturated carbocycles. The number of hydrogen-bond acceptors (Lipinski definition) is 2. The number of fused-ring (bicyclic) bond motifs is 2. The molecule has 0 radical (unpaired) electrons. The molecule has 0 aromatic rings. The first-order valence-electron chi connectivity index (χ1n) is 4.62. The van der Waals surface area contributed by atoms with E-state index in [-0.39, 0.29) is 0 Å². The molecular formula is C9H15NO2. The van der Waals surface area contributed by atoms with Crippen molar-refractivity contribution in [3.8, 4) is 0 Å². The van der Waals surface area contributed by atoms with Gasteiger partial charge in [-0.25, -0.2) is 0 Å². The van der Waals surface area contributed by atoms with E-state index < -0.39 is 11.5 Å². The molecule has 3 nitrogen and oxygen atoms in total. The molecule has 2 aliphatic rings. The van der Waals surface area contributed by atoms with Gasteiger partial charge in [0.2, 0.25) is 0 Å². The molecule has 2 fully saturated rings. The molecule has 0 aliphatic heterocycles. The highest BCUT2D eigenvalue weighted by molar-refractivity contribution is 5.78. The van der Waals surface area contributed by atoms with Crippen LogP contribution in [0.2, 0.25) is 0 Å². The molecule has 0 spiro atoms. The highest BCUT2D eigenvalue weighted by Gasteiger charge is 2.45. The molecule has 0 heterocycles. The standard InChI is InChI=1S/C9H15NO2/c10-9(8(11)12)4-6-1-2-7(3-6)5-9/h6-7H,1-5,10H2,(H,11,12)/t6-,7+,9?.